The lowest BCUT2D eigenvalue weighted by molar-refractivity contribution is -0.122. The van der Waals surface area contributed by atoms with Gasteiger partial charge in [0.25, 0.3) is 0 Å². The molecule has 0 radical (unpaired) electrons. The number of rotatable bonds is 5. The van der Waals surface area contributed by atoms with Gasteiger partial charge in [0.2, 0.25) is 5.91 Å². The van der Waals surface area contributed by atoms with Crippen LogP contribution < -0.4 is 5.32 Å². The van der Waals surface area contributed by atoms with E-state index in [9.17, 15) is 9.59 Å². The maximum Gasteiger partial charge on any atom is 0.240 e. The molecule has 0 saturated heterocycles. The Morgan fingerprint density at radius 2 is 1.94 bits per heavy atom. The molecule has 94 valence electrons. The zero-order valence-corrected chi connectivity index (χ0v) is 10.9. The highest BCUT2D eigenvalue weighted by Crippen LogP contribution is 2.08. The predicted octanol–water partition coefficient (Wildman–Crippen LogP) is 1.85. The highest BCUT2D eigenvalue weighted by molar-refractivity contribution is 5.97. The zero-order chi connectivity index (χ0) is 13.0. The predicted molar refractivity (Wildman–Crippen MR) is 66.9 cm³/mol. The average molecular weight is 236 g/mol. The van der Waals surface area contributed by atoms with E-state index in [0.29, 0.717) is 5.56 Å². The fourth-order valence-corrected chi connectivity index (χ4v) is 1.55. The number of aromatic nitrogens is 1. The molecule has 1 aromatic heterocycles. The van der Waals surface area contributed by atoms with E-state index in [1.54, 1.807) is 23.0 Å². The molecule has 0 fully saturated rings. The minimum absolute atomic E-state index is 0.0182. The van der Waals surface area contributed by atoms with Gasteiger partial charge in [-0.3, -0.25) is 9.59 Å². The maximum absolute atomic E-state index is 11.7. The van der Waals surface area contributed by atoms with Gasteiger partial charge in [-0.1, -0.05) is 13.8 Å². The topological polar surface area (TPSA) is 51.1 Å². The second-order valence-electron chi connectivity index (χ2n) is 4.81. The summed E-state index contributed by atoms with van der Waals surface area (Å²) in [7, 11) is 0. The van der Waals surface area contributed by atoms with Gasteiger partial charge < -0.3 is 9.88 Å². The van der Waals surface area contributed by atoms with Crippen molar-refractivity contribution in [2.24, 2.45) is 5.92 Å². The molecular weight excluding hydrogens is 216 g/mol. The molecule has 1 N–H and O–H groups in total. The summed E-state index contributed by atoms with van der Waals surface area (Å²) in [5.74, 6) is 0.0440. The zero-order valence-electron chi connectivity index (χ0n) is 10.9. The van der Waals surface area contributed by atoms with Crippen molar-refractivity contribution in [2.75, 3.05) is 0 Å². The molecule has 0 aliphatic carbocycles. The van der Waals surface area contributed by atoms with Crippen molar-refractivity contribution >= 4 is 11.7 Å². The molecule has 1 aromatic rings. The molecule has 1 amide bonds. The van der Waals surface area contributed by atoms with Gasteiger partial charge in [-0.15, -0.1) is 0 Å². The van der Waals surface area contributed by atoms with Gasteiger partial charge in [-0.25, -0.2) is 0 Å². The quantitative estimate of drug-likeness (QED) is 0.793. The number of ketones is 1. The van der Waals surface area contributed by atoms with Crippen molar-refractivity contribution in [3.8, 4) is 0 Å². The van der Waals surface area contributed by atoms with E-state index in [1.165, 1.54) is 0 Å². The monoisotopic (exact) mass is 236 g/mol. The van der Waals surface area contributed by atoms with Crippen LogP contribution in [0.2, 0.25) is 0 Å². The molecule has 1 rings (SSSR count). The minimum atomic E-state index is -0.0425. The van der Waals surface area contributed by atoms with E-state index in [4.69, 9.17) is 0 Å². The molecule has 4 heteroatoms. The summed E-state index contributed by atoms with van der Waals surface area (Å²) in [5, 5.41) is 2.81. The Kier molecular flexibility index (Phi) is 4.49. The van der Waals surface area contributed by atoms with E-state index in [1.807, 2.05) is 27.7 Å². The highest BCUT2D eigenvalue weighted by Gasteiger charge is 2.12. The fraction of sp³-hybridized carbons (Fsp3) is 0.538. The average Bonchev–Trinajstić information content (AvgIpc) is 2.63. The fourth-order valence-electron chi connectivity index (χ4n) is 1.55. The molecule has 0 aliphatic heterocycles. The molecule has 0 aromatic carbocycles. The Morgan fingerprint density at radius 1 is 1.29 bits per heavy atom. The summed E-state index contributed by atoms with van der Waals surface area (Å²) in [6.45, 7) is 7.82. The molecule has 0 saturated carbocycles. The molecule has 4 nitrogen and oxygen atoms in total. The van der Waals surface area contributed by atoms with Crippen molar-refractivity contribution in [3.63, 3.8) is 0 Å². The van der Waals surface area contributed by atoms with Crippen LogP contribution in [0.3, 0.4) is 0 Å². The first-order chi connectivity index (χ1) is 7.90. The number of nitrogens with zero attached hydrogens (tertiary/aromatic N) is 1. The molecule has 0 bridgehead atoms. The van der Waals surface area contributed by atoms with Gasteiger partial charge >= 0.3 is 0 Å². The lowest BCUT2D eigenvalue weighted by Crippen LogP contribution is -2.32. The highest BCUT2D eigenvalue weighted by atomic mass is 16.2. The summed E-state index contributed by atoms with van der Waals surface area (Å²) >= 11 is 0. The van der Waals surface area contributed by atoms with Crippen LogP contribution in [0, 0.1) is 5.92 Å². The van der Waals surface area contributed by atoms with Gasteiger partial charge in [0, 0.05) is 29.9 Å². The third kappa shape index (κ3) is 4.06. The number of hydrogen-bond donors (Lipinski definition) is 1. The van der Waals surface area contributed by atoms with Gasteiger partial charge in [-0.2, -0.15) is 0 Å². The van der Waals surface area contributed by atoms with E-state index < -0.39 is 0 Å². The summed E-state index contributed by atoms with van der Waals surface area (Å²) < 4.78 is 1.73. The van der Waals surface area contributed by atoms with Gasteiger partial charge in [0.15, 0.2) is 5.78 Å². The summed E-state index contributed by atoms with van der Waals surface area (Å²) in [5.41, 5.74) is 0.664. The van der Waals surface area contributed by atoms with Crippen LogP contribution in [-0.2, 0) is 11.3 Å². The Morgan fingerprint density at radius 3 is 2.47 bits per heavy atom. The molecule has 1 heterocycles. The number of hydrogen-bond acceptors (Lipinski definition) is 2. The maximum atomic E-state index is 11.7. The largest absolute Gasteiger partial charge is 0.352 e. The first-order valence-corrected chi connectivity index (χ1v) is 5.89. The van der Waals surface area contributed by atoms with Crippen LogP contribution in [0.5, 0.6) is 0 Å². The van der Waals surface area contributed by atoms with Crippen LogP contribution >= 0.6 is 0 Å². The molecule has 0 unspecified atom stereocenters. The molecule has 17 heavy (non-hydrogen) atoms. The standard InChI is InChI=1S/C13H20N2O2/c1-9(2)13(17)11-5-6-15(7-11)8-12(16)14-10(3)4/h5-7,9-10H,8H2,1-4H3,(H,14,16). The molecular formula is C13H20N2O2. The SMILES string of the molecule is CC(C)NC(=O)Cn1ccc(C(=O)C(C)C)c1. The lowest BCUT2D eigenvalue weighted by atomic mass is 10.0. The third-order valence-electron chi connectivity index (χ3n) is 2.34. The van der Waals surface area contributed by atoms with Crippen molar-refractivity contribution < 1.29 is 9.59 Å². The van der Waals surface area contributed by atoms with Crippen LogP contribution in [-0.4, -0.2) is 22.3 Å². The van der Waals surface area contributed by atoms with Crippen molar-refractivity contribution in [1.82, 2.24) is 9.88 Å². The van der Waals surface area contributed by atoms with Crippen molar-refractivity contribution in [3.05, 3.63) is 24.0 Å². The molecule has 0 atom stereocenters. The van der Waals surface area contributed by atoms with Crippen LogP contribution in [0.1, 0.15) is 38.1 Å². The van der Waals surface area contributed by atoms with E-state index in [-0.39, 0.29) is 30.2 Å². The number of nitrogens with one attached hydrogen (secondary N) is 1. The van der Waals surface area contributed by atoms with E-state index >= 15 is 0 Å². The van der Waals surface area contributed by atoms with Gasteiger partial charge in [0.1, 0.15) is 6.54 Å². The van der Waals surface area contributed by atoms with Crippen molar-refractivity contribution in [2.45, 2.75) is 40.3 Å². The van der Waals surface area contributed by atoms with Crippen LogP contribution in [0.4, 0.5) is 0 Å². The Balaban J connectivity index is 2.63. The second kappa shape index (κ2) is 5.66. The summed E-state index contributed by atoms with van der Waals surface area (Å²) in [4.78, 5) is 23.2. The van der Waals surface area contributed by atoms with Gasteiger partial charge in [0.05, 0.1) is 0 Å². The van der Waals surface area contributed by atoms with Crippen LogP contribution in [0.25, 0.3) is 0 Å². The van der Waals surface area contributed by atoms with Crippen molar-refractivity contribution in [1.29, 1.82) is 0 Å². The van der Waals surface area contributed by atoms with Crippen LogP contribution in [0.15, 0.2) is 18.5 Å². The molecule has 0 aliphatic rings. The second-order valence-corrected chi connectivity index (χ2v) is 4.81. The summed E-state index contributed by atoms with van der Waals surface area (Å²) in [6, 6.07) is 1.89. The third-order valence-corrected chi connectivity index (χ3v) is 2.34. The number of carbonyl (C=O) groups is 2. The number of amides is 1. The normalized spacial score (nSPS) is 10.9. The molecule has 0 spiro atoms. The Labute approximate surface area is 102 Å². The smallest absolute Gasteiger partial charge is 0.240 e. The first-order valence-electron chi connectivity index (χ1n) is 5.89. The Bertz CT molecular complexity index is 405. The number of carbonyl (C=O) groups excluding carboxylic acids is 2. The first kappa shape index (κ1) is 13.5. The minimum Gasteiger partial charge on any atom is -0.352 e. The number of Topliss-reactive ketones (excluding diaryl/α,β-unsaturated/α-hetero) is 1. The Hall–Kier alpha value is -1.58. The lowest BCUT2D eigenvalue weighted by Gasteiger charge is -2.08. The van der Waals surface area contributed by atoms with Gasteiger partial charge in [-0.05, 0) is 19.9 Å². The van der Waals surface area contributed by atoms with E-state index in [0.717, 1.165) is 0 Å². The van der Waals surface area contributed by atoms with E-state index in [2.05, 4.69) is 5.32 Å². The summed E-state index contributed by atoms with van der Waals surface area (Å²) in [6.07, 6.45) is 3.48.